The zero-order chi connectivity index (χ0) is 15.2. The molecule has 0 spiro atoms. The highest BCUT2D eigenvalue weighted by molar-refractivity contribution is 6.05. The predicted octanol–water partition coefficient (Wildman–Crippen LogP) is 2.15. The van der Waals surface area contributed by atoms with Crippen LogP contribution in [0.25, 0.3) is 0 Å². The van der Waals surface area contributed by atoms with Crippen molar-refractivity contribution in [1.82, 2.24) is 0 Å². The Morgan fingerprint density at radius 2 is 1.95 bits per heavy atom. The number of carbonyl (C=O) groups excluding carboxylic acids is 1. The molecule has 4 N–H and O–H groups in total. The molecule has 0 aliphatic carbocycles. The van der Waals surface area contributed by atoms with Gasteiger partial charge in [0.2, 0.25) is 0 Å². The molecule has 2 aromatic carbocycles. The Balaban J connectivity index is 2.10. The molecule has 0 radical (unpaired) electrons. The predicted molar refractivity (Wildman–Crippen MR) is 81.8 cm³/mol. The molecule has 0 fully saturated rings. The average molecular weight is 286 g/mol. The molecule has 0 aromatic heterocycles. The van der Waals surface area contributed by atoms with E-state index in [0.29, 0.717) is 23.5 Å². The Hall–Kier alpha value is -2.53. The summed E-state index contributed by atoms with van der Waals surface area (Å²) in [6.07, 6.45) is 0.779. The summed E-state index contributed by atoms with van der Waals surface area (Å²) in [4.78, 5) is 12.1. The van der Waals surface area contributed by atoms with E-state index in [4.69, 9.17) is 10.5 Å². The van der Waals surface area contributed by atoms with Crippen LogP contribution in [0.3, 0.4) is 0 Å². The van der Waals surface area contributed by atoms with Crippen molar-refractivity contribution in [3.63, 3.8) is 0 Å². The molecule has 0 heterocycles. The van der Waals surface area contributed by atoms with Crippen molar-refractivity contribution in [1.29, 1.82) is 0 Å². The van der Waals surface area contributed by atoms with Crippen molar-refractivity contribution in [3.05, 3.63) is 53.6 Å². The summed E-state index contributed by atoms with van der Waals surface area (Å²) in [5, 5.41) is 12.5. The Labute approximate surface area is 123 Å². The number of anilines is 1. The van der Waals surface area contributed by atoms with Crippen LogP contribution in [0.5, 0.6) is 11.5 Å². The van der Waals surface area contributed by atoms with E-state index < -0.39 is 0 Å². The molecule has 0 atom stereocenters. The van der Waals surface area contributed by atoms with E-state index in [1.807, 2.05) is 12.1 Å². The van der Waals surface area contributed by atoms with Crippen molar-refractivity contribution in [3.8, 4) is 11.5 Å². The third-order valence-corrected chi connectivity index (χ3v) is 3.10. The number of hydrogen-bond acceptors (Lipinski definition) is 4. The highest BCUT2D eigenvalue weighted by Gasteiger charge is 2.09. The van der Waals surface area contributed by atoms with Crippen LogP contribution >= 0.6 is 0 Å². The van der Waals surface area contributed by atoms with E-state index in [0.717, 1.165) is 12.0 Å². The lowest BCUT2D eigenvalue weighted by atomic mass is 10.1. The van der Waals surface area contributed by atoms with Gasteiger partial charge in [0, 0.05) is 11.6 Å². The lowest BCUT2D eigenvalue weighted by Crippen LogP contribution is -2.12. The molecular formula is C16H18N2O3. The highest BCUT2D eigenvalue weighted by atomic mass is 16.5. The van der Waals surface area contributed by atoms with E-state index in [-0.39, 0.29) is 11.7 Å². The first-order chi connectivity index (χ1) is 10.1. The van der Waals surface area contributed by atoms with Crippen LogP contribution in [0.1, 0.15) is 15.9 Å². The van der Waals surface area contributed by atoms with Gasteiger partial charge in [0.25, 0.3) is 5.91 Å². The number of rotatable bonds is 5. The van der Waals surface area contributed by atoms with E-state index >= 15 is 0 Å². The van der Waals surface area contributed by atoms with Gasteiger partial charge in [0.05, 0.1) is 12.8 Å². The zero-order valence-electron chi connectivity index (χ0n) is 11.8. The van der Waals surface area contributed by atoms with Crippen LogP contribution in [-0.4, -0.2) is 24.7 Å². The van der Waals surface area contributed by atoms with Gasteiger partial charge in [-0.15, -0.1) is 0 Å². The molecule has 0 saturated carbocycles. The van der Waals surface area contributed by atoms with Crippen LogP contribution in [0.15, 0.2) is 42.5 Å². The topological polar surface area (TPSA) is 84.6 Å². The quantitative estimate of drug-likeness (QED) is 0.735. The normalized spacial score (nSPS) is 10.2. The van der Waals surface area contributed by atoms with Gasteiger partial charge in [-0.3, -0.25) is 4.79 Å². The summed E-state index contributed by atoms with van der Waals surface area (Å²) >= 11 is 0. The maximum Gasteiger partial charge on any atom is 0.255 e. The van der Waals surface area contributed by atoms with Crippen LogP contribution in [0.2, 0.25) is 0 Å². The fourth-order valence-electron chi connectivity index (χ4n) is 1.93. The number of nitrogens with two attached hydrogens (primary N) is 1. The summed E-state index contributed by atoms with van der Waals surface area (Å²) in [6.45, 7) is 0.575. The van der Waals surface area contributed by atoms with Crippen molar-refractivity contribution < 1.29 is 14.6 Å². The first-order valence-corrected chi connectivity index (χ1v) is 6.61. The van der Waals surface area contributed by atoms with Crippen molar-refractivity contribution >= 4 is 11.6 Å². The van der Waals surface area contributed by atoms with Crippen molar-refractivity contribution in [2.45, 2.75) is 6.42 Å². The molecule has 5 heteroatoms. The first-order valence-electron chi connectivity index (χ1n) is 6.61. The molecule has 2 aromatic rings. The minimum atomic E-state index is -0.283. The maximum absolute atomic E-state index is 12.1. The number of hydrogen-bond donors (Lipinski definition) is 3. The minimum absolute atomic E-state index is 0.0394. The second kappa shape index (κ2) is 6.76. The largest absolute Gasteiger partial charge is 0.506 e. The van der Waals surface area contributed by atoms with Gasteiger partial charge in [0.15, 0.2) is 0 Å². The van der Waals surface area contributed by atoms with Gasteiger partial charge >= 0.3 is 0 Å². The first kappa shape index (κ1) is 14.9. The SMILES string of the molecule is COc1ccc(NC(=O)c2ccc(CCN)cc2)c(O)c1. The summed E-state index contributed by atoms with van der Waals surface area (Å²) in [6, 6.07) is 11.9. The summed E-state index contributed by atoms with van der Waals surface area (Å²) in [5.41, 5.74) is 7.43. The molecule has 0 unspecified atom stereocenters. The Kier molecular flexibility index (Phi) is 4.79. The molecule has 5 nitrogen and oxygen atoms in total. The molecule has 1 amide bonds. The summed E-state index contributed by atoms with van der Waals surface area (Å²) < 4.78 is 4.99. The van der Waals surface area contributed by atoms with Gasteiger partial charge in [-0.25, -0.2) is 0 Å². The second-order valence-corrected chi connectivity index (χ2v) is 4.57. The number of aromatic hydroxyl groups is 1. The monoisotopic (exact) mass is 286 g/mol. The molecule has 0 saturated heterocycles. The lowest BCUT2D eigenvalue weighted by Gasteiger charge is -2.09. The van der Waals surface area contributed by atoms with E-state index in [2.05, 4.69) is 5.32 Å². The van der Waals surface area contributed by atoms with Crippen LogP contribution in [0.4, 0.5) is 5.69 Å². The van der Waals surface area contributed by atoms with Gasteiger partial charge in [-0.05, 0) is 42.8 Å². The zero-order valence-corrected chi connectivity index (χ0v) is 11.8. The fraction of sp³-hybridized carbons (Fsp3) is 0.188. The van der Waals surface area contributed by atoms with Gasteiger partial charge < -0.3 is 20.9 Å². The number of phenols is 1. The molecule has 0 aliphatic heterocycles. The van der Waals surface area contributed by atoms with E-state index in [1.54, 1.807) is 24.3 Å². The van der Waals surface area contributed by atoms with Crippen LogP contribution in [-0.2, 0) is 6.42 Å². The number of phenolic OH excluding ortho intramolecular Hbond substituents is 1. The molecule has 110 valence electrons. The number of amides is 1. The molecule has 0 aliphatic rings. The van der Waals surface area contributed by atoms with Gasteiger partial charge in [-0.1, -0.05) is 12.1 Å². The molecule has 0 bridgehead atoms. The molecule has 2 rings (SSSR count). The number of carbonyl (C=O) groups is 1. The van der Waals surface area contributed by atoms with Gasteiger partial charge in [0.1, 0.15) is 11.5 Å². The standard InChI is InChI=1S/C16H18N2O3/c1-21-13-6-7-14(15(19)10-13)18-16(20)12-4-2-11(3-5-12)8-9-17/h2-7,10,19H,8-9,17H2,1H3,(H,18,20). The Morgan fingerprint density at radius 3 is 2.52 bits per heavy atom. The van der Waals surface area contributed by atoms with E-state index in [9.17, 15) is 9.90 Å². The smallest absolute Gasteiger partial charge is 0.255 e. The Bertz CT molecular complexity index is 624. The summed E-state index contributed by atoms with van der Waals surface area (Å²) in [7, 11) is 1.51. The highest BCUT2D eigenvalue weighted by Crippen LogP contribution is 2.28. The fourth-order valence-corrected chi connectivity index (χ4v) is 1.93. The van der Waals surface area contributed by atoms with Crippen LogP contribution < -0.4 is 15.8 Å². The number of benzene rings is 2. The van der Waals surface area contributed by atoms with E-state index in [1.165, 1.54) is 13.2 Å². The molecule has 21 heavy (non-hydrogen) atoms. The number of ether oxygens (including phenoxy) is 1. The van der Waals surface area contributed by atoms with Crippen LogP contribution in [0, 0.1) is 0 Å². The van der Waals surface area contributed by atoms with Crippen molar-refractivity contribution in [2.75, 3.05) is 19.0 Å². The maximum atomic E-state index is 12.1. The number of methoxy groups -OCH3 is 1. The van der Waals surface area contributed by atoms with Gasteiger partial charge in [-0.2, -0.15) is 0 Å². The summed E-state index contributed by atoms with van der Waals surface area (Å²) in [5.74, 6) is 0.203. The van der Waals surface area contributed by atoms with Crippen molar-refractivity contribution in [2.24, 2.45) is 5.73 Å². The Morgan fingerprint density at radius 1 is 1.24 bits per heavy atom. The third kappa shape index (κ3) is 3.73. The lowest BCUT2D eigenvalue weighted by molar-refractivity contribution is 0.102. The minimum Gasteiger partial charge on any atom is -0.506 e. The molecular weight excluding hydrogens is 268 g/mol. The number of nitrogens with one attached hydrogen (secondary N) is 1. The average Bonchev–Trinajstić information content (AvgIpc) is 2.50. The third-order valence-electron chi connectivity index (χ3n) is 3.10. The second-order valence-electron chi connectivity index (χ2n) is 4.57.